The number of aromatic amines is 1. The van der Waals surface area contributed by atoms with Gasteiger partial charge in [-0.25, -0.2) is 14.8 Å². The van der Waals surface area contributed by atoms with Crippen LogP contribution in [0.25, 0.3) is 0 Å². The van der Waals surface area contributed by atoms with Crippen molar-refractivity contribution in [3.8, 4) is 0 Å². The third kappa shape index (κ3) is 3.24. The van der Waals surface area contributed by atoms with Crippen LogP contribution in [0.5, 0.6) is 0 Å². The maximum atomic E-state index is 11.2. The molecule has 0 saturated carbocycles. The highest BCUT2D eigenvalue weighted by molar-refractivity contribution is 7.99. The van der Waals surface area contributed by atoms with E-state index in [2.05, 4.69) is 15.0 Å². The summed E-state index contributed by atoms with van der Waals surface area (Å²) in [4.78, 5) is 32.2. The van der Waals surface area contributed by atoms with Crippen molar-refractivity contribution in [2.75, 3.05) is 5.73 Å². The standard InChI is InChI=1S/C10H7ClN4O3S/c11-5-1-4(9(17)18)3-13-8(5)19-10-14-6(12)2-7(16)15-10/h1-3H,(H,17,18)(H3,12,14,15,16). The van der Waals surface area contributed by atoms with Crippen LogP contribution in [0, 0.1) is 0 Å². The first-order chi connectivity index (χ1) is 8.95. The van der Waals surface area contributed by atoms with E-state index < -0.39 is 11.5 Å². The number of hydrogen-bond donors (Lipinski definition) is 3. The van der Waals surface area contributed by atoms with Gasteiger partial charge in [-0.1, -0.05) is 11.6 Å². The number of rotatable bonds is 3. The minimum atomic E-state index is -1.12. The van der Waals surface area contributed by atoms with Gasteiger partial charge in [0.2, 0.25) is 0 Å². The zero-order chi connectivity index (χ0) is 14.0. The number of nitrogens with two attached hydrogens (primary N) is 1. The predicted octanol–water partition coefficient (Wildman–Crippen LogP) is 1.25. The molecule has 0 radical (unpaired) electrons. The van der Waals surface area contributed by atoms with E-state index in [0.29, 0.717) is 5.03 Å². The molecule has 2 aromatic rings. The molecule has 9 heteroatoms. The van der Waals surface area contributed by atoms with Crippen LogP contribution in [0.3, 0.4) is 0 Å². The van der Waals surface area contributed by atoms with Gasteiger partial charge >= 0.3 is 5.97 Å². The first kappa shape index (κ1) is 13.4. The van der Waals surface area contributed by atoms with Crippen LogP contribution < -0.4 is 11.3 Å². The molecular formula is C10H7ClN4O3S. The van der Waals surface area contributed by atoms with E-state index >= 15 is 0 Å². The van der Waals surface area contributed by atoms with E-state index in [4.69, 9.17) is 22.4 Å². The Bertz CT molecular complexity index is 703. The second-order valence-corrected chi connectivity index (χ2v) is 4.78. The van der Waals surface area contributed by atoms with Crippen LogP contribution in [0.1, 0.15) is 10.4 Å². The number of carbonyl (C=O) groups is 1. The fourth-order valence-electron chi connectivity index (χ4n) is 1.21. The predicted molar refractivity (Wildman–Crippen MR) is 69.6 cm³/mol. The number of aromatic nitrogens is 3. The molecule has 0 amide bonds. The summed E-state index contributed by atoms with van der Waals surface area (Å²) in [7, 11) is 0. The van der Waals surface area contributed by atoms with E-state index in [1.807, 2.05) is 0 Å². The highest BCUT2D eigenvalue weighted by Gasteiger charge is 2.11. The van der Waals surface area contributed by atoms with Gasteiger partial charge in [0.1, 0.15) is 10.8 Å². The SMILES string of the molecule is Nc1cc(=O)[nH]c(Sc2ncc(C(=O)O)cc2Cl)n1. The Morgan fingerprint density at radius 2 is 2.21 bits per heavy atom. The Kier molecular flexibility index (Phi) is 3.72. The van der Waals surface area contributed by atoms with Crippen molar-refractivity contribution in [2.45, 2.75) is 10.2 Å². The number of hydrogen-bond acceptors (Lipinski definition) is 6. The number of H-pyrrole nitrogens is 1. The lowest BCUT2D eigenvalue weighted by atomic mass is 10.3. The number of nitrogens with zero attached hydrogens (tertiary/aromatic N) is 2. The van der Waals surface area contributed by atoms with Crippen LogP contribution in [0.4, 0.5) is 5.82 Å². The molecule has 0 aliphatic carbocycles. The van der Waals surface area contributed by atoms with Crippen LogP contribution in [-0.4, -0.2) is 26.0 Å². The minimum absolute atomic E-state index is 0.0246. The maximum Gasteiger partial charge on any atom is 0.337 e. The van der Waals surface area contributed by atoms with E-state index in [1.54, 1.807) is 0 Å². The van der Waals surface area contributed by atoms with Crippen LogP contribution >= 0.6 is 23.4 Å². The molecule has 0 aliphatic heterocycles. The summed E-state index contributed by atoms with van der Waals surface area (Å²) < 4.78 is 0. The summed E-state index contributed by atoms with van der Waals surface area (Å²) in [5.74, 6) is -1.05. The van der Waals surface area contributed by atoms with E-state index in [1.165, 1.54) is 12.3 Å². The molecule has 0 atom stereocenters. The summed E-state index contributed by atoms with van der Waals surface area (Å²) in [5.41, 5.74) is 5.02. The molecule has 0 unspecified atom stereocenters. The third-order valence-corrected chi connectivity index (χ3v) is 3.29. The minimum Gasteiger partial charge on any atom is -0.478 e. The molecule has 0 saturated heterocycles. The average Bonchev–Trinajstić information content (AvgIpc) is 2.30. The van der Waals surface area contributed by atoms with Gasteiger partial charge in [0.25, 0.3) is 5.56 Å². The van der Waals surface area contributed by atoms with Gasteiger partial charge in [0.05, 0.1) is 10.6 Å². The van der Waals surface area contributed by atoms with Crippen molar-refractivity contribution < 1.29 is 9.90 Å². The molecular weight excluding hydrogens is 292 g/mol. The van der Waals surface area contributed by atoms with Crippen molar-refractivity contribution in [1.29, 1.82) is 0 Å². The van der Waals surface area contributed by atoms with Crippen LogP contribution in [0.2, 0.25) is 5.02 Å². The second-order valence-electron chi connectivity index (χ2n) is 3.39. The van der Waals surface area contributed by atoms with E-state index in [9.17, 15) is 9.59 Å². The monoisotopic (exact) mass is 298 g/mol. The van der Waals surface area contributed by atoms with Gasteiger partial charge in [-0.2, -0.15) is 0 Å². The number of anilines is 1. The Morgan fingerprint density at radius 1 is 1.47 bits per heavy atom. The van der Waals surface area contributed by atoms with Crippen LogP contribution in [-0.2, 0) is 0 Å². The second kappa shape index (κ2) is 5.29. The first-order valence-electron chi connectivity index (χ1n) is 4.89. The van der Waals surface area contributed by atoms with Gasteiger partial charge < -0.3 is 15.8 Å². The van der Waals surface area contributed by atoms with E-state index in [-0.39, 0.29) is 21.6 Å². The quantitative estimate of drug-likeness (QED) is 0.729. The smallest absolute Gasteiger partial charge is 0.337 e. The molecule has 2 aromatic heterocycles. The third-order valence-electron chi connectivity index (χ3n) is 1.99. The number of aromatic carboxylic acids is 1. The first-order valence-corrected chi connectivity index (χ1v) is 6.08. The zero-order valence-corrected chi connectivity index (χ0v) is 10.8. The van der Waals surface area contributed by atoms with Gasteiger partial charge in [0.15, 0.2) is 5.16 Å². The van der Waals surface area contributed by atoms with Crippen molar-refractivity contribution in [3.05, 3.63) is 39.3 Å². The summed E-state index contributed by atoms with van der Waals surface area (Å²) >= 11 is 6.89. The summed E-state index contributed by atoms with van der Waals surface area (Å²) in [6, 6.07) is 2.41. The summed E-state index contributed by atoms with van der Waals surface area (Å²) in [6.07, 6.45) is 1.17. The molecule has 7 nitrogen and oxygen atoms in total. The fraction of sp³-hybridized carbons (Fsp3) is 0. The molecule has 2 heterocycles. The molecule has 19 heavy (non-hydrogen) atoms. The number of halogens is 1. The van der Waals surface area contributed by atoms with Crippen molar-refractivity contribution >= 4 is 35.1 Å². The lowest BCUT2D eigenvalue weighted by Gasteiger charge is -2.03. The Labute approximate surface area is 115 Å². The van der Waals surface area contributed by atoms with Gasteiger partial charge in [-0.15, -0.1) is 0 Å². The number of nitrogens with one attached hydrogen (secondary N) is 1. The van der Waals surface area contributed by atoms with Crippen molar-refractivity contribution in [1.82, 2.24) is 15.0 Å². The topological polar surface area (TPSA) is 122 Å². The molecule has 98 valence electrons. The average molecular weight is 299 g/mol. The fourth-order valence-corrected chi connectivity index (χ4v) is 2.24. The number of carboxylic acids is 1. The molecule has 4 N–H and O–H groups in total. The molecule has 0 bridgehead atoms. The number of pyridine rings is 1. The van der Waals surface area contributed by atoms with Crippen LogP contribution in [0.15, 0.2) is 33.3 Å². The maximum absolute atomic E-state index is 11.2. The highest BCUT2D eigenvalue weighted by atomic mass is 35.5. The van der Waals surface area contributed by atoms with Gasteiger partial charge in [-0.3, -0.25) is 4.79 Å². The summed E-state index contributed by atoms with van der Waals surface area (Å²) in [6.45, 7) is 0. The largest absolute Gasteiger partial charge is 0.478 e. The molecule has 0 spiro atoms. The van der Waals surface area contributed by atoms with E-state index in [0.717, 1.165) is 17.8 Å². The Morgan fingerprint density at radius 3 is 2.79 bits per heavy atom. The zero-order valence-electron chi connectivity index (χ0n) is 9.25. The van der Waals surface area contributed by atoms with Gasteiger partial charge in [-0.05, 0) is 17.8 Å². The molecule has 2 rings (SSSR count). The number of nitrogen functional groups attached to an aromatic ring is 1. The molecule has 0 aromatic carbocycles. The van der Waals surface area contributed by atoms with Gasteiger partial charge in [0, 0.05) is 12.3 Å². The lowest BCUT2D eigenvalue weighted by Crippen LogP contribution is -2.09. The lowest BCUT2D eigenvalue weighted by molar-refractivity contribution is 0.0696. The molecule has 0 fully saturated rings. The summed E-state index contributed by atoms with van der Waals surface area (Å²) in [5, 5.41) is 9.47. The Balaban J connectivity index is 2.33. The van der Waals surface area contributed by atoms with Crippen molar-refractivity contribution in [2.24, 2.45) is 0 Å². The highest BCUT2D eigenvalue weighted by Crippen LogP contribution is 2.29. The molecule has 0 aliphatic rings. The normalized spacial score (nSPS) is 10.4. The number of carboxylic acid groups (broad SMARTS) is 1. The van der Waals surface area contributed by atoms with Crippen molar-refractivity contribution in [3.63, 3.8) is 0 Å². The Hall–Kier alpha value is -2.06.